The smallest absolute Gasteiger partial charge is 0.131 e. The van der Waals surface area contributed by atoms with E-state index in [1.165, 1.54) is 56.6 Å². The fourth-order valence-corrected chi connectivity index (χ4v) is 13.4. The maximum atomic E-state index is 16.9. The topological polar surface area (TPSA) is 9.86 Å². The van der Waals surface area contributed by atoms with Gasteiger partial charge >= 0.3 is 0 Å². The van der Waals surface area contributed by atoms with Crippen molar-refractivity contribution in [2.24, 2.45) is 11.8 Å². The molecule has 6 heteroatoms. The van der Waals surface area contributed by atoms with E-state index in [-0.39, 0.29) is 23.5 Å². The van der Waals surface area contributed by atoms with Crippen LogP contribution < -0.4 is 0 Å². The molecule has 0 amide bonds. The summed E-state index contributed by atoms with van der Waals surface area (Å²) < 4.78 is 43.4. The van der Waals surface area contributed by atoms with Crippen LogP contribution in [0.3, 0.4) is 0 Å². The molecule has 0 saturated carbocycles. The van der Waals surface area contributed by atoms with Gasteiger partial charge in [0.05, 0.1) is 16.7 Å². The zero-order valence-electron chi connectivity index (χ0n) is 34.5. The van der Waals surface area contributed by atoms with Gasteiger partial charge < -0.3 is 9.13 Å². The maximum Gasteiger partial charge on any atom is 0.131 e. The number of benzene rings is 8. The fourth-order valence-electron chi connectivity index (χ4n) is 11.2. The van der Waals surface area contributed by atoms with Gasteiger partial charge in [0.25, 0.3) is 0 Å². The lowest BCUT2D eigenvalue weighted by atomic mass is 9.84. The molecule has 0 bridgehead atoms. The number of aromatic nitrogens is 2. The maximum absolute atomic E-state index is 16.9. The third-order valence-corrected chi connectivity index (χ3v) is 15.9. The molecule has 0 fully saturated rings. The van der Waals surface area contributed by atoms with E-state index in [0.717, 1.165) is 49.7 Å². The lowest BCUT2D eigenvalue weighted by Crippen LogP contribution is -2.15. The second-order valence-corrected chi connectivity index (χ2v) is 19.2. The van der Waals surface area contributed by atoms with Crippen LogP contribution in [-0.2, 0) is 6.54 Å². The molecule has 1 unspecified atom stereocenters. The van der Waals surface area contributed by atoms with Crippen molar-refractivity contribution in [2.45, 2.75) is 20.4 Å². The van der Waals surface area contributed by atoms with Gasteiger partial charge in [-0.05, 0) is 77.7 Å². The zero-order chi connectivity index (χ0) is 42.1. The Labute approximate surface area is 369 Å². The number of halogens is 2. The lowest BCUT2D eigenvalue weighted by molar-refractivity contribution is 0.538. The predicted molar refractivity (Wildman–Crippen MR) is 266 cm³/mol. The molecule has 2 nitrogen and oxygen atoms in total. The van der Waals surface area contributed by atoms with Crippen molar-refractivity contribution in [3.8, 4) is 0 Å². The van der Waals surface area contributed by atoms with Gasteiger partial charge in [0.15, 0.2) is 0 Å². The average Bonchev–Trinajstić information content (AvgIpc) is 4.10. The first-order chi connectivity index (χ1) is 31.0. The summed E-state index contributed by atoms with van der Waals surface area (Å²) >= 11 is 3.64. The normalized spacial score (nSPS) is 15.3. The molecule has 0 saturated heterocycles. The third-order valence-electron chi connectivity index (χ3n) is 13.7. The Bertz CT molecular complexity index is 3970. The average molecular weight is 853 g/mol. The highest BCUT2D eigenvalue weighted by Gasteiger charge is 2.39. The zero-order valence-corrected chi connectivity index (χ0v) is 36.1. The summed E-state index contributed by atoms with van der Waals surface area (Å²) in [6.45, 7) is 5.12. The predicted octanol–water partition coefficient (Wildman–Crippen LogP) is 16.7. The molecule has 4 aromatic heterocycles. The summed E-state index contributed by atoms with van der Waals surface area (Å²) in [5.74, 6) is -0.945. The van der Waals surface area contributed by atoms with Gasteiger partial charge in [-0.2, -0.15) is 0 Å². The first kappa shape index (κ1) is 36.8. The number of nitrogens with zero attached hydrogens (tertiary/aromatic N) is 2. The number of rotatable bonds is 6. The van der Waals surface area contributed by atoms with Gasteiger partial charge in [0.2, 0.25) is 0 Å². The molecule has 2 atom stereocenters. The van der Waals surface area contributed by atoms with Crippen molar-refractivity contribution < 1.29 is 8.78 Å². The molecular weight excluding hydrogens is 815 g/mol. The Balaban J connectivity index is 1.12. The Morgan fingerprint density at radius 1 is 0.476 bits per heavy atom. The molecule has 302 valence electrons. The van der Waals surface area contributed by atoms with E-state index in [0.29, 0.717) is 17.7 Å². The van der Waals surface area contributed by atoms with Crippen molar-refractivity contribution in [1.29, 1.82) is 0 Å². The van der Waals surface area contributed by atoms with E-state index >= 15 is 8.78 Å². The van der Waals surface area contributed by atoms with Crippen LogP contribution in [-0.4, -0.2) is 9.13 Å². The van der Waals surface area contributed by atoms with Crippen LogP contribution in [0.5, 0.6) is 0 Å². The van der Waals surface area contributed by atoms with Crippen LogP contribution in [0.15, 0.2) is 175 Å². The van der Waals surface area contributed by atoms with E-state index < -0.39 is 0 Å². The summed E-state index contributed by atoms with van der Waals surface area (Å²) in [6.07, 6.45) is 0. The van der Waals surface area contributed by atoms with Crippen molar-refractivity contribution >= 4 is 123 Å². The number of fused-ring (bicyclic) bond motifs is 14. The standard InChI is InChI=1S/C57H38F2N2S2/c1-32(31-60-42-23-11-5-17-36(42)52-44(60)27-29-48-54(52)38-19-7-13-25-46(38)62-48)50-33(2)51(34-15-3-9-21-40(34)58)57(56(50)35-16-4-10-22-41(35)59)61-43-24-12-6-18-37(43)53-45(61)28-30-49-55(53)39-20-8-14-26-47(39)63-49/h3-30,32-33H,31H2,1-2H3/t32-,33?/m1/s1. The van der Waals surface area contributed by atoms with Crippen molar-refractivity contribution in [3.63, 3.8) is 0 Å². The van der Waals surface area contributed by atoms with Gasteiger partial charge in [0.1, 0.15) is 11.6 Å². The van der Waals surface area contributed by atoms with Crippen LogP contribution in [0, 0.1) is 23.5 Å². The Morgan fingerprint density at radius 3 is 1.60 bits per heavy atom. The van der Waals surface area contributed by atoms with Gasteiger partial charge in [-0.1, -0.05) is 123 Å². The second-order valence-electron chi connectivity index (χ2n) is 17.0. The molecule has 1 aliphatic rings. The highest BCUT2D eigenvalue weighted by Crippen LogP contribution is 2.55. The molecule has 8 aromatic carbocycles. The number of allylic oxidation sites excluding steroid dienone is 4. The molecule has 12 aromatic rings. The van der Waals surface area contributed by atoms with E-state index in [9.17, 15) is 0 Å². The molecule has 0 radical (unpaired) electrons. The number of para-hydroxylation sites is 2. The van der Waals surface area contributed by atoms with E-state index in [1.807, 2.05) is 35.6 Å². The largest absolute Gasteiger partial charge is 0.340 e. The highest BCUT2D eigenvalue weighted by atomic mass is 32.1. The summed E-state index contributed by atoms with van der Waals surface area (Å²) in [7, 11) is 0. The second kappa shape index (κ2) is 13.8. The van der Waals surface area contributed by atoms with Gasteiger partial charge in [-0.3, -0.25) is 0 Å². The Morgan fingerprint density at radius 2 is 0.968 bits per heavy atom. The number of thiophene rings is 2. The SMILES string of the molecule is CC1C(c2ccccc2F)=C(n2c3ccccc3c3c4c(ccc32)sc2ccccc24)C(c2ccccc2F)=C1[C@H](C)Cn1c2ccccc2c2c3c(ccc21)sc1ccccc13. The van der Waals surface area contributed by atoms with Gasteiger partial charge in [-0.15, -0.1) is 22.7 Å². The first-order valence-corrected chi connectivity index (χ1v) is 23.2. The minimum Gasteiger partial charge on any atom is -0.340 e. The first-order valence-electron chi connectivity index (χ1n) is 21.6. The number of hydrogen-bond acceptors (Lipinski definition) is 2. The minimum atomic E-state index is -0.299. The van der Waals surface area contributed by atoms with Crippen LogP contribution in [0.1, 0.15) is 25.0 Å². The molecule has 63 heavy (non-hydrogen) atoms. The summed E-state index contributed by atoms with van der Waals surface area (Å²) in [5, 5.41) is 9.75. The third kappa shape index (κ3) is 5.19. The highest BCUT2D eigenvalue weighted by molar-refractivity contribution is 7.26. The van der Waals surface area contributed by atoms with Crippen LogP contribution in [0.2, 0.25) is 0 Å². The van der Waals surface area contributed by atoms with Gasteiger partial charge in [0, 0.05) is 102 Å². The van der Waals surface area contributed by atoms with Crippen molar-refractivity contribution in [2.75, 3.05) is 0 Å². The van der Waals surface area contributed by atoms with E-state index in [4.69, 9.17) is 0 Å². The molecule has 4 heterocycles. The molecule has 13 rings (SSSR count). The summed E-state index contributed by atoms with van der Waals surface area (Å²) in [4.78, 5) is 0. The lowest BCUT2D eigenvalue weighted by Gasteiger charge is -2.24. The number of hydrogen-bond donors (Lipinski definition) is 0. The minimum absolute atomic E-state index is 0.0941. The monoisotopic (exact) mass is 852 g/mol. The van der Waals surface area contributed by atoms with Crippen molar-refractivity contribution in [1.82, 2.24) is 9.13 Å². The van der Waals surface area contributed by atoms with Crippen LogP contribution in [0.25, 0.3) is 101 Å². The molecular formula is C57H38F2N2S2. The summed E-state index contributed by atoms with van der Waals surface area (Å²) in [5.41, 5.74) is 9.03. The van der Waals surface area contributed by atoms with Gasteiger partial charge in [-0.25, -0.2) is 8.78 Å². The molecule has 1 aliphatic carbocycles. The Hall–Kier alpha value is -6.86. The molecule has 0 spiro atoms. The van der Waals surface area contributed by atoms with Crippen LogP contribution in [0.4, 0.5) is 8.78 Å². The van der Waals surface area contributed by atoms with Crippen LogP contribution >= 0.6 is 22.7 Å². The van der Waals surface area contributed by atoms with E-state index in [2.05, 4.69) is 144 Å². The molecule has 0 N–H and O–H groups in total. The quantitative estimate of drug-likeness (QED) is 0.158. The van der Waals surface area contributed by atoms with Crippen molar-refractivity contribution in [3.05, 3.63) is 198 Å². The Kier molecular flexibility index (Phi) is 8.06. The summed E-state index contributed by atoms with van der Waals surface area (Å²) in [6, 6.07) is 57.9. The fraction of sp³-hybridized carbons (Fsp3) is 0.0877. The van der Waals surface area contributed by atoms with E-state index in [1.54, 1.807) is 35.6 Å². The molecule has 0 aliphatic heterocycles.